The second-order valence-corrected chi connectivity index (χ2v) is 4.77. The van der Waals surface area contributed by atoms with Crippen LogP contribution in [0.25, 0.3) is 0 Å². The van der Waals surface area contributed by atoms with E-state index in [1.165, 1.54) is 0 Å². The van der Waals surface area contributed by atoms with Gasteiger partial charge in [-0.25, -0.2) is 4.39 Å². The van der Waals surface area contributed by atoms with Gasteiger partial charge in [-0.2, -0.15) is 0 Å². The number of Topliss-reactive ketones (excluding diaryl/α,β-unsaturated/α-hetero) is 2. The Balaban J connectivity index is 2.33. The van der Waals surface area contributed by atoms with Gasteiger partial charge in [0, 0.05) is 12.0 Å². The summed E-state index contributed by atoms with van der Waals surface area (Å²) in [7, 11) is 0. The summed E-state index contributed by atoms with van der Waals surface area (Å²) in [6.07, 6.45) is 0.185. The molecule has 1 fully saturated rings. The van der Waals surface area contributed by atoms with Gasteiger partial charge >= 0.3 is 0 Å². The number of hydrogen-bond donors (Lipinski definition) is 0. The smallest absolute Gasteiger partial charge is 0.177 e. The van der Waals surface area contributed by atoms with Gasteiger partial charge in [0.2, 0.25) is 0 Å². The Hall–Kier alpha value is -0.970. The number of rotatable bonds is 2. The normalized spacial score (nSPS) is 19.9. The lowest BCUT2D eigenvalue weighted by molar-refractivity contribution is -0.128. The van der Waals surface area contributed by atoms with Crippen molar-refractivity contribution in [3.05, 3.63) is 33.6 Å². The molecule has 0 spiro atoms. The molecule has 18 heavy (non-hydrogen) atoms. The van der Waals surface area contributed by atoms with Crippen LogP contribution in [0, 0.1) is 11.7 Å². The zero-order valence-corrected chi connectivity index (χ0v) is 10.7. The molecule has 1 saturated heterocycles. The fourth-order valence-electron chi connectivity index (χ4n) is 1.76. The zero-order valence-electron chi connectivity index (χ0n) is 9.21. The van der Waals surface area contributed by atoms with Crippen LogP contribution in [-0.4, -0.2) is 24.8 Å². The first-order chi connectivity index (χ1) is 8.50. The van der Waals surface area contributed by atoms with E-state index in [-0.39, 0.29) is 34.4 Å². The van der Waals surface area contributed by atoms with Crippen LogP contribution >= 0.6 is 23.2 Å². The predicted octanol–water partition coefficient (Wildman–Crippen LogP) is 2.92. The highest BCUT2D eigenvalue weighted by molar-refractivity contribution is 6.37. The Labute approximate surface area is 113 Å². The molecule has 1 aliphatic heterocycles. The van der Waals surface area contributed by atoms with Crippen molar-refractivity contribution in [1.82, 2.24) is 0 Å². The first kappa shape index (κ1) is 13.5. The minimum Gasteiger partial charge on any atom is -0.380 e. The molecule has 0 amide bonds. The molecule has 1 aromatic rings. The molecular weight excluding hydrogens is 282 g/mol. The third kappa shape index (κ3) is 2.55. The van der Waals surface area contributed by atoms with Crippen LogP contribution in [0.4, 0.5) is 4.39 Å². The van der Waals surface area contributed by atoms with Gasteiger partial charge in [-0.15, -0.1) is 0 Å². The zero-order chi connectivity index (χ0) is 13.3. The summed E-state index contributed by atoms with van der Waals surface area (Å²) >= 11 is 11.4. The van der Waals surface area contributed by atoms with E-state index in [4.69, 9.17) is 27.9 Å². The first-order valence-electron chi connectivity index (χ1n) is 5.30. The molecule has 0 saturated carbocycles. The van der Waals surface area contributed by atoms with Crippen LogP contribution in [-0.2, 0) is 9.53 Å². The lowest BCUT2D eigenvalue weighted by Gasteiger charge is -2.20. The summed E-state index contributed by atoms with van der Waals surface area (Å²) < 4.78 is 18.4. The van der Waals surface area contributed by atoms with E-state index in [2.05, 4.69) is 0 Å². The molecule has 3 nitrogen and oxygen atoms in total. The molecule has 2 rings (SSSR count). The molecular formula is C12H9Cl2FO3. The summed E-state index contributed by atoms with van der Waals surface area (Å²) in [6, 6.07) is 2.11. The Bertz CT molecular complexity index is 516. The number of carbonyl (C=O) groups excluding carboxylic acids is 2. The maximum Gasteiger partial charge on any atom is 0.177 e. The van der Waals surface area contributed by atoms with Gasteiger partial charge in [0.25, 0.3) is 0 Å². The molecule has 1 atom stereocenters. The molecule has 6 heteroatoms. The molecule has 96 valence electrons. The van der Waals surface area contributed by atoms with E-state index in [0.717, 1.165) is 12.1 Å². The van der Waals surface area contributed by atoms with Crippen molar-refractivity contribution in [3.63, 3.8) is 0 Å². The van der Waals surface area contributed by atoms with E-state index in [1.807, 2.05) is 0 Å². The molecule has 1 aromatic carbocycles. The Morgan fingerprint density at radius 3 is 2.72 bits per heavy atom. The van der Waals surface area contributed by atoms with Crippen LogP contribution in [0.15, 0.2) is 12.1 Å². The number of halogens is 3. The fourth-order valence-corrected chi connectivity index (χ4v) is 2.24. The Morgan fingerprint density at radius 1 is 1.33 bits per heavy atom. The number of carbonyl (C=O) groups is 2. The van der Waals surface area contributed by atoms with Crippen molar-refractivity contribution in [2.45, 2.75) is 6.42 Å². The van der Waals surface area contributed by atoms with E-state index in [0.29, 0.717) is 6.61 Å². The molecule has 0 bridgehead atoms. The van der Waals surface area contributed by atoms with Crippen LogP contribution < -0.4 is 0 Å². The van der Waals surface area contributed by atoms with Crippen molar-refractivity contribution in [2.75, 3.05) is 13.2 Å². The maximum atomic E-state index is 13.3. The number of benzene rings is 1. The second kappa shape index (κ2) is 5.34. The molecule has 0 aromatic heterocycles. The topological polar surface area (TPSA) is 43.4 Å². The van der Waals surface area contributed by atoms with Gasteiger partial charge in [-0.1, -0.05) is 23.2 Å². The average Bonchev–Trinajstić information content (AvgIpc) is 2.33. The second-order valence-electron chi connectivity index (χ2n) is 3.95. The summed E-state index contributed by atoms with van der Waals surface area (Å²) in [5.74, 6) is -2.39. The molecule has 1 heterocycles. The van der Waals surface area contributed by atoms with Crippen molar-refractivity contribution in [1.29, 1.82) is 0 Å². The third-order valence-electron chi connectivity index (χ3n) is 2.76. The monoisotopic (exact) mass is 290 g/mol. The third-order valence-corrected chi connectivity index (χ3v) is 3.36. The van der Waals surface area contributed by atoms with Gasteiger partial charge in [0.1, 0.15) is 17.5 Å². The molecule has 1 unspecified atom stereocenters. The van der Waals surface area contributed by atoms with E-state index >= 15 is 0 Å². The molecule has 0 N–H and O–H groups in total. The lowest BCUT2D eigenvalue weighted by atomic mass is 9.91. The highest BCUT2D eigenvalue weighted by atomic mass is 35.5. The summed E-state index contributed by atoms with van der Waals surface area (Å²) in [5, 5.41) is -0.132. The molecule has 0 radical (unpaired) electrons. The minimum atomic E-state index is -0.906. The number of hydrogen-bond acceptors (Lipinski definition) is 3. The first-order valence-corrected chi connectivity index (χ1v) is 6.05. The quantitative estimate of drug-likeness (QED) is 0.478. The van der Waals surface area contributed by atoms with Crippen molar-refractivity contribution >= 4 is 34.8 Å². The van der Waals surface area contributed by atoms with E-state index in [1.54, 1.807) is 0 Å². The molecule has 1 aliphatic rings. The van der Waals surface area contributed by atoms with Gasteiger partial charge < -0.3 is 4.74 Å². The van der Waals surface area contributed by atoms with Gasteiger partial charge in [-0.05, 0) is 12.1 Å². The molecule has 0 aliphatic carbocycles. The van der Waals surface area contributed by atoms with E-state index < -0.39 is 17.5 Å². The standard InChI is InChI=1S/C12H9Cl2FO3/c13-8-4-9(14)10(15)3-6(8)12(17)7-5-18-2-1-11(7)16/h3-4,7H,1-2,5H2. The lowest BCUT2D eigenvalue weighted by Crippen LogP contribution is -2.34. The van der Waals surface area contributed by atoms with Crippen molar-refractivity contribution in [3.8, 4) is 0 Å². The van der Waals surface area contributed by atoms with Gasteiger partial charge in [-0.3, -0.25) is 9.59 Å². The van der Waals surface area contributed by atoms with Gasteiger partial charge in [0.15, 0.2) is 5.78 Å². The number of ether oxygens (including phenoxy) is 1. The minimum absolute atomic E-state index is 0.0121. The highest BCUT2D eigenvalue weighted by Gasteiger charge is 2.31. The summed E-state index contributed by atoms with van der Waals surface area (Å²) in [4.78, 5) is 23.7. The Kier molecular flexibility index (Phi) is 4.00. The maximum absolute atomic E-state index is 13.3. The van der Waals surface area contributed by atoms with Crippen LogP contribution in [0.1, 0.15) is 16.8 Å². The van der Waals surface area contributed by atoms with Crippen LogP contribution in [0.2, 0.25) is 10.0 Å². The summed E-state index contributed by atoms with van der Waals surface area (Å²) in [6.45, 7) is 0.323. The Morgan fingerprint density at radius 2 is 2.06 bits per heavy atom. The average molecular weight is 291 g/mol. The summed E-state index contributed by atoms with van der Waals surface area (Å²) in [5.41, 5.74) is -0.0394. The number of ketones is 2. The fraction of sp³-hybridized carbons (Fsp3) is 0.333. The van der Waals surface area contributed by atoms with Gasteiger partial charge in [0.05, 0.1) is 23.3 Å². The van der Waals surface area contributed by atoms with Crippen molar-refractivity contribution < 1.29 is 18.7 Å². The predicted molar refractivity (Wildman–Crippen MR) is 64.7 cm³/mol. The largest absolute Gasteiger partial charge is 0.380 e. The van der Waals surface area contributed by atoms with Crippen LogP contribution in [0.3, 0.4) is 0 Å². The van der Waals surface area contributed by atoms with E-state index in [9.17, 15) is 14.0 Å². The SMILES string of the molecule is O=C1CCOCC1C(=O)c1cc(F)c(Cl)cc1Cl. The van der Waals surface area contributed by atoms with Crippen LogP contribution in [0.5, 0.6) is 0 Å². The van der Waals surface area contributed by atoms with Crippen molar-refractivity contribution in [2.24, 2.45) is 5.92 Å². The highest BCUT2D eigenvalue weighted by Crippen LogP contribution is 2.27.